The van der Waals surface area contributed by atoms with Crippen LogP contribution in [0.1, 0.15) is 59.3 Å². The maximum atomic E-state index is 11.8. The van der Waals surface area contributed by atoms with Gasteiger partial charge in [-0.2, -0.15) is 0 Å². The van der Waals surface area contributed by atoms with Crippen LogP contribution in [-0.2, 0) is 33.4 Å². The lowest BCUT2D eigenvalue weighted by Gasteiger charge is -2.23. The predicted molar refractivity (Wildman–Crippen MR) is 139 cm³/mol. The molecule has 5 atom stereocenters. The molecule has 38 heavy (non-hydrogen) atoms. The van der Waals surface area contributed by atoms with Crippen LogP contribution in [0.5, 0.6) is 5.75 Å². The summed E-state index contributed by atoms with van der Waals surface area (Å²) in [7, 11) is 0. The molecule has 1 aliphatic rings. The van der Waals surface area contributed by atoms with Gasteiger partial charge < -0.3 is 24.1 Å². The number of esters is 3. The minimum Gasteiger partial charge on any atom is -0.493 e. The molecule has 0 heterocycles. The van der Waals surface area contributed by atoms with Gasteiger partial charge in [-0.25, -0.2) is 0 Å². The molecule has 9 nitrogen and oxygen atoms in total. The topological polar surface area (TPSA) is 125 Å². The molecule has 0 spiro atoms. The molecule has 0 amide bonds. The second-order valence-corrected chi connectivity index (χ2v) is 9.25. The lowest BCUT2D eigenvalue weighted by atomic mass is 9.89. The number of carbonyl (C=O) groups excluding carboxylic acids is 3. The quantitative estimate of drug-likeness (QED) is 0.149. The molecule has 1 aromatic carbocycles. The van der Waals surface area contributed by atoms with Crippen LogP contribution in [0.4, 0.5) is 0 Å². The van der Waals surface area contributed by atoms with Gasteiger partial charge in [0, 0.05) is 51.9 Å². The molecule has 9 heteroatoms. The lowest BCUT2D eigenvalue weighted by molar-refractivity contribution is -0.149. The number of carbonyl (C=O) groups is 4. The summed E-state index contributed by atoms with van der Waals surface area (Å²) >= 11 is 0. The van der Waals surface area contributed by atoms with Gasteiger partial charge in [0.05, 0.1) is 6.61 Å². The van der Waals surface area contributed by atoms with E-state index in [1.54, 1.807) is 6.08 Å². The zero-order chi connectivity index (χ0) is 27.9. The SMILES string of the molecule is CC(=O)OC(/C=C/C1C(OC(C)=O)CC(OC(C)=O)C1C/C=C\CCCC(=O)O)CCOc1ccccc1. The summed E-state index contributed by atoms with van der Waals surface area (Å²) in [6.07, 6.45) is 8.48. The van der Waals surface area contributed by atoms with E-state index in [2.05, 4.69) is 0 Å². The number of para-hydroxylation sites is 1. The van der Waals surface area contributed by atoms with Gasteiger partial charge in [-0.1, -0.05) is 36.4 Å². The highest BCUT2D eigenvalue weighted by Gasteiger charge is 2.45. The standard InChI is InChI=1S/C29H38O9/c1-20(30)36-24(17-18-35-23-11-7-6-8-12-23)15-16-26-25(13-9-4-5-10-14-29(33)34)27(37-21(2)31)19-28(26)38-22(3)32/h4,6-9,11-12,15-16,24-28H,5,10,13-14,17-19H2,1-3H3,(H,33,34)/b9-4-,16-15+. The number of rotatable bonds is 15. The molecule has 0 radical (unpaired) electrons. The number of hydrogen-bond acceptors (Lipinski definition) is 8. The van der Waals surface area contributed by atoms with Crippen molar-refractivity contribution in [3.8, 4) is 5.75 Å². The zero-order valence-corrected chi connectivity index (χ0v) is 22.2. The fourth-order valence-corrected chi connectivity index (χ4v) is 4.56. The number of ether oxygens (including phenoxy) is 4. The van der Waals surface area contributed by atoms with Crippen molar-refractivity contribution in [3.05, 3.63) is 54.6 Å². The van der Waals surface area contributed by atoms with Crippen LogP contribution in [0.25, 0.3) is 0 Å². The van der Waals surface area contributed by atoms with Crippen LogP contribution in [0.3, 0.4) is 0 Å². The first-order valence-corrected chi connectivity index (χ1v) is 12.9. The Balaban J connectivity index is 2.17. The van der Waals surface area contributed by atoms with Crippen LogP contribution in [-0.4, -0.2) is 53.9 Å². The van der Waals surface area contributed by atoms with Crippen molar-refractivity contribution in [2.45, 2.75) is 77.6 Å². The van der Waals surface area contributed by atoms with E-state index in [0.717, 1.165) is 0 Å². The number of unbranched alkanes of at least 4 members (excludes halogenated alkanes) is 1. The Bertz CT molecular complexity index is 970. The third kappa shape index (κ3) is 11.6. The van der Waals surface area contributed by atoms with Gasteiger partial charge in [0.2, 0.25) is 0 Å². The summed E-state index contributed by atoms with van der Waals surface area (Å²) in [5.41, 5.74) is 0. The highest BCUT2D eigenvalue weighted by molar-refractivity contribution is 5.67. The van der Waals surface area contributed by atoms with Crippen LogP contribution < -0.4 is 4.74 Å². The summed E-state index contributed by atoms with van der Waals surface area (Å²) in [5.74, 6) is -1.90. The Hall–Kier alpha value is -3.62. The molecule has 2 rings (SSSR count). The summed E-state index contributed by atoms with van der Waals surface area (Å²) in [4.78, 5) is 46.1. The number of hydrogen-bond donors (Lipinski definition) is 1. The largest absolute Gasteiger partial charge is 0.493 e. The van der Waals surface area contributed by atoms with Gasteiger partial charge in [-0.05, 0) is 37.5 Å². The van der Waals surface area contributed by atoms with E-state index in [9.17, 15) is 19.2 Å². The molecule has 0 aliphatic heterocycles. The summed E-state index contributed by atoms with van der Waals surface area (Å²) < 4.78 is 22.4. The van der Waals surface area contributed by atoms with E-state index in [0.29, 0.717) is 44.5 Å². The van der Waals surface area contributed by atoms with Gasteiger partial charge in [-0.15, -0.1) is 0 Å². The molecule has 1 aromatic rings. The van der Waals surface area contributed by atoms with Crippen molar-refractivity contribution >= 4 is 23.9 Å². The Morgan fingerprint density at radius 2 is 1.66 bits per heavy atom. The average molecular weight is 531 g/mol. The second-order valence-electron chi connectivity index (χ2n) is 9.25. The highest BCUT2D eigenvalue weighted by Crippen LogP contribution is 2.40. The normalized spacial score (nSPS) is 21.8. The monoisotopic (exact) mass is 530 g/mol. The Morgan fingerprint density at radius 3 is 2.29 bits per heavy atom. The summed E-state index contributed by atoms with van der Waals surface area (Å²) in [5, 5.41) is 8.81. The van der Waals surface area contributed by atoms with Gasteiger partial charge in [0.15, 0.2) is 0 Å². The van der Waals surface area contributed by atoms with Crippen LogP contribution >= 0.6 is 0 Å². The number of carboxylic acid groups (broad SMARTS) is 1. The number of aliphatic carboxylic acids is 1. The number of carboxylic acids is 1. The molecule has 1 aliphatic carbocycles. The molecule has 1 fully saturated rings. The van der Waals surface area contributed by atoms with Crippen molar-refractivity contribution in [3.63, 3.8) is 0 Å². The zero-order valence-electron chi connectivity index (χ0n) is 22.2. The molecular formula is C29H38O9. The number of allylic oxidation sites excluding steroid dienone is 2. The first-order valence-electron chi connectivity index (χ1n) is 12.9. The first kappa shape index (κ1) is 30.6. The molecule has 0 saturated heterocycles. The molecule has 1 saturated carbocycles. The average Bonchev–Trinajstić information content (AvgIpc) is 3.13. The minimum absolute atomic E-state index is 0.0925. The molecule has 0 bridgehead atoms. The third-order valence-electron chi connectivity index (χ3n) is 6.12. The molecule has 5 unspecified atom stereocenters. The van der Waals surface area contributed by atoms with Crippen molar-refractivity contribution in [2.24, 2.45) is 11.8 Å². The van der Waals surface area contributed by atoms with Crippen LogP contribution in [0.2, 0.25) is 0 Å². The summed E-state index contributed by atoms with van der Waals surface area (Å²) in [6.45, 7) is 4.33. The van der Waals surface area contributed by atoms with Gasteiger partial charge in [0.1, 0.15) is 24.1 Å². The van der Waals surface area contributed by atoms with Gasteiger partial charge >= 0.3 is 23.9 Å². The van der Waals surface area contributed by atoms with Crippen LogP contribution in [0.15, 0.2) is 54.6 Å². The van der Waals surface area contributed by atoms with E-state index >= 15 is 0 Å². The molecule has 0 aromatic heterocycles. The smallest absolute Gasteiger partial charge is 0.303 e. The molecular weight excluding hydrogens is 492 g/mol. The fraction of sp³-hybridized carbons (Fsp3) is 0.517. The van der Waals surface area contributed by atoms with Crippen molar-refractivity contribution in [1.82, 2.24) is 0 Å². The molecule has 1 N–H and O–H groups in total. The Kier molecular flexibility index (Phi) is 13.1. The predicted octanol–water partition coefficient (Wildman–Crippen LogP) is 4.64. The van der Waals surface area contributed by atoms with Crippen molar-refractivity contribution < 1.29 is 43.2 Å². The van der Waals surface area contributed by atoms with Crippen LogP contribution in [0, 0.1) is 11.8 Å². The van der Waals surface area contributed by atoms with E-state index in [1.807, 2.05) is 48.6 Å². The molecule has 208 valence electrons. The van der Waals surface area contributed by atoms with E-state index in [1.165, 1.54) is 20.8 Å². The maximum absolute atomic E-state index is 11.8. The summed E-state index contributed by atoms with van der Waals surface area (Å²) in [6, 6.07) is 9.31. The van der Waals surface area contributed by atoms with Crippen molar-refractivity contribution in [2.75, 3.05) is 6.61 Å². The maximum Gasteiger partial charge on any atom is 0.303 e. The number of benzene rings is 1. The van der Waals surface area contributed by atoms with E-state index < -0.39 is 42.2 Å². The Morgan fingerprint density at radius 1 is 0.974 bits per heavy atom. The van der Waals surface area contributed by atoms with E-state index in [4.69, 9.17) is 24.1 Å². The second kappa shape index (κ2) is 16.3. The highest BCUT2D eigenvalue weighted by atomic mass is 16.6. The van der Waals surface area contributed by atoms with Gasteiger partial charge in [-0.3, -0.25) is 19.2 Å². The van der Waals surface area contributed by atoms with Gasteiger partial charge in [0.25, 0.3) is 0 Å². The van der Waals surface area contributed by atoms with E-state index in [-0.39, 0.29) is 18.3 Å². The first-order chi connectivity index (χ1) is 18.2. The third-order valence-corrected chi connectivity index (χ3v) is 6.12. The fourth-order valence-electron chi connectivity index (χ4n) is 4.56. The Labute approximate surface area is 223 Å². The van der Waals surface area contributed by atoms with Crippen molar-refractivity contribution in [1.29, 1.82) is 0 Å². The lowest BCUT2D eigenvalue weighted by Crippen LogP contribution is -2.25. The minimum atomic E-state index is -0.838.